The Morgan fingerprint density at radius 1 is 1.67 bits per heavy atom. The van der Waals surface area contributed by atoms with E-state index in [-0.39, 0.29) is 6.04 Å². The van der Waals surface area contributed by atoms with Crippen LogP contribution in [0.2, 0.25) is 0 Å². The van der Waals surface area contributed by atoms with E-state index in [0.29, 0.717) is 17.4 Å². The molecule has 0 aliphatic carbocycles. The van der Waals surface area contributed by atoms with Crippen LogP contribution in [0.25, 0.3) is 0 Å². The molecule has 1 rings (SSSR count). The number of carbonyl (C=O) groups is 1. The fourth-order valence-corrected chi connectivity index (χ4v) is 2.63. The number of carboxylic acids is 1. The van der Waals surface area contributed by atoms with E-state index in [1.807, 2.05) is 20.8 Å². The summed E-state index contributed by atoms with van der Waals surface area (Å²) in [6.45, 7) is 7.43. The summed E-state index contributed by atoms with van der Waals surface area (Å²) in [6.07, 6.45) is 2.09. The van der Waals surface area contributed by atoms with Crippen molar-refractivity contribution in [1.82, 2.24) is 10.3 Å². The predicted octanol–water partition coefficient (Wildman–Crippen LogP) is 2.31. The van der Waals surface area contributed by atoms with Crippen LogP contribution in [0.3, 0.4) is 0 Å². The van der Waals surface area contributed by atoms with Crippen molar-refractivity contribution in [1.29, 1.82) is 0 Å². The first-order valence-electron chi connectivity index (χ1n) is 5.89. The molecule has 1 aromatic rings. The molecule has 1 aromatic heterocycles. The van der Waals surface area contributed by atoms with Crippen LogP contribution in [-0.4, -0.2) is 33.4 Å². The van der Waals surface area contributed by atoms with Gasteiger partial charge in [0.1, 0.15) is 11.8 Å². The third-order valence-electron chi connectivity index (χ3n) is 2.50. The van der Waals surface area contributed by atoms with Crippen LogP contribution in [0.4, 0.5) is 0 Å². The smallest absolute Gasteiger partial charge is 0.323 e. The third kappa shape index (κ3) is 4.34. The molecule has 0 aliphatic heterocycles. The molecule has 5 nitrogen and oxygen atoms in total. The van der Waals surface area contributed by atoms with Crippen LogP contribution in [0.1, 0.15) is 32.9 Å². The zero-order chi connectivity index (χ0) is 13.8. The third-order valence-corrected chi connectivity index (χ3v) is 3.35. The minimum Gasteiger partial charge on any atom is -0.480 e. The topological polar surface area (TPSA) is 75.4 Å². The van der Waals surface area contributed by atoms with E-state index in [9.17, 15) is 9.90 Å². The molecule has 0 saturated carbocycles. The first-order chi connectivity index (χ1) is 8.33. The summed E-state index contributed by atoms with van der Waals surface area (Å²) in [4.78, 5) is 15.5. The highest BCUT2D eigenvalue weighted by Crippen LogP contribution is 2.22. The first-order valence-corrected chi connectivity index (χ1v) is 6.88. The molecule has 0 saturated heterocycles. The van der Waals surface area contributed by atoms with E-state index < -0.39 is 11.5 Å². The molecule has 1 unspecified atom stereocenters. The van der Waals surface area contributed by atoms with E-state index in [0.717, 1.165) is 5.69 Å². The second kappa shape index (κ2) is 6.24. The number of carboxylic acid groups (broad SMARTS) is 1. The molecule has 6 heteroatoms. The van der Waals surface area contributed by atoms with Gasteiger partial charge in [0.15, 0.2) is 0 Å². The molecule has 0 aromatic carbocycles. The highest BCUT2D eigenvalue weighted by atomic mass is 32.2. The highest BCUT2D eigenvalue weighted by molar-refractivity contribution is 7.99. The number of oxazole rings is 1. The summed E-state index contributed by atoms with van der Waals surface area (Å²) in [5.74, 6) is -0.192. The summed E-state index contributed by atoms with van der Waals surface area (Å²) in [7, 11) is 0. The molecule has 1 heterocycles. The molecular weight excluding hydrogens is 252 g/mol. The van der Waals surface area contributed by atoms with Gasteiger partial charge < -0.3 is 9.52 Å². The number of nitrogens with zero attached hydrogens (tertiary/aromatic N) is 1. The van der Waals surface area contributed by atoms with Crippen molar-refractivity contribution < 1.29 is 14.3 Å². The average Bonchev–Trinajstić information content (AvgIpc) is 2.63. The summed E-state index contributed by atoms with van der Waals surface area (Å²) in [6, 6.07) is 0.125. The number of rotatable bonds is 7. The first kappa shape index (κ1) is 15.0. The number of nitrogens with one attached hydrogen (secondary N) is 1. The van der Waals surface area contributed by atoms with Crippen molar-refractivity contribution >= 4 is 17.7 Å². The van der Waals surface area contributed by atoms with E-state index >= 15 is 0 Å². The Morgan fingerprint density at radius 3 is 2.78 bits per heavy atom. The van der Waals surface area contributed by atoms with Gasteiger partial charge in [-0.3, -0.25) is 10.1 Å². The van der Waals surface area contributed by atoms with Gasteiger partial charge >= 0.3 is 5.97 Å². The minimum absolute atomic E-state index is 0.125. The summed E-state index contributed by atoms with van der Waals surface area (Å²) in [5, 5.41) is 12.9. The number of hydrogen-bond acceptors (Lipinski definition) is 5. The molecule has 0 spiro atoms. The number of aromatic nitrogens is 1. The predicted molar refractivity (Wildman–Crippen MR) is 70.9 cm³/mol. The molecule has 0 fully saturated rings. The van der Waals surface area contributed by atoms with Crippen LogP contribution in [0.15, 0.2) is 15.9 Å². The van der Waals surface area contributed by atoms with Gasteiger partial charge in [-0.2, -0.15) is 0 Å². The van der Waals surface area contributed by atoms with E-state index in [1.165, 1.54) is 11.8 Å². The van der Waals surface area contributed by atoms with Gasteiger partial charge in [0, 0.05) is 11.8 Å². The number of thioether (sulfide) groups is 1. The van der Waals surface area contributed by atoms with Gasteiger partial charge in [0.25, 0.3) is 5.22 Å². The largest absolute Gasteiger partial charge is 0.480 e. The van der Waals surface area contributed by atoms with Gasteiger partial charge in [-0.1, -0.05) is 11.8 Å². The zero-order valence-corrected chi connectivity index (χ0v) is 12.0. The fraction of sp³-hybridized carbons (Fsp3) is 0.667. The Balaban J connectivity index is 2.50. The Labute approximate surface area is 111 Å². The van der Waals surface area contributed by atoms with Crippen LogP contribution >= 0.6 is 11.8 Å². The second-order valence-corrected chi connectivity index (χ2v) is 5.84. The molecule has 1 atom stereocenters. The van der Waals surface area contributed by atoms with Gasteiger partial charge in [0.05, 0.1) is 5.69 Å². The van der Waals surface area contributed by atoms with E-state index in [2.05, 4.69) is 10.3 Å². The van der Waals surface area contributed by atoms with E-state index in [4.69, 9.17) is 4.42 Å². The molecule has 0 radical (unpaired) electrons. The Bertz CT molecular complexity index is 406. The van der Waals surface area contributed by atoms with Crippen molar-refractivity contribution in [3.8, 4) is 0 Å². The normalized spacial score (nSPS) is 14.7. The minimum atomic E-state index is -0.914. The molecule has 0 amide bonds. The Morgan fingerprint density at radius 2 is 2.33 bits per heavy atom. The Kier molecular flexibility index (Phi) is 5.22. The lowest BCUT2D eigenvalue weighted by molar-refractivity contribution is -0.144. The maximum Gasteiger partial charge on any atom is 0.323 e. The molecule has 0 aliphatic rings. The molecule has 0 bridgehead atoms. The van der Waals surface area contributed by atoms with Crippen molar-refractivity contribution in [2.24, 2.45) is 0 Å². The van der Waals surface area contributed by atoms with Gasteiger partial charge in [0.2, 0.25) is 0 Å². The van der Waals surface area contributed by atoms with Crippen LogP contribution < -0.4 is 5.32 Å². The number of hydrogen-bond donors (Lipinski definition) is 2. The lowest BCUT2D eigenvalue weighted by Crippen LogP contribution is -2.52. The van der Waals surface area contributed by atoms with Gasteiger partial charge in [-0.25, -0.2) is 4.98 Å². The molecule has 18 heavy (non-hydrogen) atoms. The van der Waals surface area contributed by atoms with Crippen molar-refractivity contribution in [3.05, 3.63) is 12.0 Å². The lowest BCUT2D eigenvalue weighted by Gasteiger charge is -2.28. The highest BCUT2D eigenvalue weighted by Gasteiger charge is 2.33. The molecule has 102 valence electrons. The maximum atomic E-state index is 11.3. The number of aliphatic carboxylic acids is 1. The van der Waals surface area contributed by atoms with Gasteiger partial charge in [-0.15, -0.1) is 0 Å². The lowest BCUT2D eigenvalue weighted by atomic mass is 9.98. The van der Waals surface area contributed by atoms with Crippen molar-refractivity contribution in [3.63, 3.8) is 0 Å². The summed E-state index contributed by atoms with van der Waals surface area (Å²) in [5.41, 5.74) is -0.0817. The summed E-state index contributed by atoms with van der Waals surface area (Å²) < 4.78 is 5.20. The molecular formula is C12H20N2O3S. The van der Waals surface area contributed by atoms with Crippen LogP contribution in [0, 0.1) is 6.92 Å². The average molecular weight is 272 g/mol. The van der Waals surface area contributed by atoms with Gasteiger partial charge in [-0.05, 0) is 34.1 Å². The monoisotopic (exact) mass is 272 g/mol. The van der Waals surface area contributed by atoms with Crippen molar-refractivity contribution in [2.45, 2.75) is 50.9 Å². The van der Waals surface area contributed by atoms with Crippen LogP contribution in [0.5, 0.6) is 0 Å². The quantitative estimate of drug-likeness (QED) is 0.742. The standard InChI is InChI=1S/C12H20N2O3S/c1-8(2)14-12(4,10(15)16)5-6-18-11-13-9(3)7-17-11/h7-8,14H,5-6H2,1-4H3,(H,15,16). The SMILES string of the molecule is Cc1coc(SCCC(C)(NC(C)C)C(=O)O)n1. The maximum absolute atomic E-state index is 11.3. The van der Waals surface area contributed by atoms with Crippen molar-refractivity contribution in [2.75, 3.05) is 5.75 Å². The number of aryl methyl sites for hydroxylation is 1. The summed E-state index contributed by atoms with van der Waals surface area (Å²) >= 11 is 1.43. The zero-order valence-electron chi connectivity index (χ0n) is 11.2. The fourth-order valence-electron chi connectivity index (χ4n) is 1.62. The van der Waals surface area contributed by atoms with E-state index in [1.54, 1.807) is 13.2 Å². The molecule has 2 N–H and O–H groups in total. The second-order valence-electron chi connectivity index (χ2n) is 4.79. The Hall–Kier alpha value is -1.01. The van der Waals surface area contributed by atoms with Crippen LogP contribution in [-0.2, 0) is 4.79 Å².